The Hall–Kier alpha value is -3.66. The van der Waals surface area contributed by atoms with Crippen LogP contribution in [-0.4, -0.2) is 27.5 Å². The summed E-state index contributed by atoms with van der Waals surface area (Å²) in [4.78, 5) is 55.4. The topological polar surface area (TPSA) is 88.5 Å². The van der Waals surface area contributed by atoms with Gasteiger partial charge in [0.25, 0.3) is 0 Å². The number of aryl methyl sites for hydroxylation is 1. The monoisotopic (exact) mass is 575 g/mol. The highest BCUT2D eigenvalue weighted by Crippen LogP contribution is 2.53. The fraction of sp³-hybridized carbons (Fsp3) is 0.172. The molecule has 3 aromatic carbocycles. The molecule has 1 N–H and O–H groups in total. The highest BCUT2D eigenvalue weighted by molar-refractivity contribution is 8.00. The maximum atomic E-state index is 13.8. The molecule has 3 atom stereocenters. The number of halogens is 1. The van der Waals surface area contributed by atoms with Gasteiger partial charge in [0.15, 0.2) is 0 Å². The second-order valence-electron chi connectivity index (χ2n) is 9.48. The lowest BCUT2D eigenvalue weighted by Crippen LogP contribution is -2.33. The number of nitrogens with zero attached hydrogens (tertiary/aromatic N) is 2. The normalized spacial score (nSPS) is 20.1. The Kier molecular flexibility index (Phi) is 6.66. The standard InChI is InChI=1S/C29H22ClN3O4S2/c1-16-6-5-9-19(14-16)31-21(34)15-32-28-25(39-29(32)37)22(17-7-3-2-4-8-17)23-24(38-28)27(36)33(26(23)35)20-12-10-18(30)11-13-20/h2-14,22-24H,15H2,1H3,(H,31,34). The molecule has 2 aliphatic heterocycles. The molecule has 196 valence electrons. The number of aromatic nitrogens is 1. The van der Waals surface area contributed by atoms with Crippen molar-refractivity contribution in [2.24, 2.45) is 5.92 Å². The van der Waals surface area contributed by atoms with Gasteiger partial charge >= 0.3 is 4.87 Å². The smallest absolute Gasteiger partial charge is 0.308 e. The maximum Gasteiger partial charge on any atom is 0.308 e. The van der Waals surface area contributed by atoms with E-state index in [-0.39, 0.29) is 29.1 Å². The maximum absolute atomic E-state index is 13.8. The van der Waals surface area contributed by atoms with E-state index in [2.05, 4.69) is 5.32 Å². The minimum Gasteiger partial charge on any atom is -0.325 e. The van der Waals surface area contributed by atoms with Crippen molar-refractivity contribution in [3.8, 4) is 0 Å². The van der Waals surface area contributed by atoms with Gasteiger partial charge in [-0.1, -0.05) is 77.2 Å². The van der Waals surface area contributed by atoms with Gasteiger partial charge in [0, 0.05) is 21.5 Å². The number of nitrogens with one attached hydrogen (secondary N) is 1. The van der Waals surface area contributed by atoms with Gasteiger partial charge in [-0.15, -0.1) is 0 Å². The van der Waals surface area contributed by atoms with Gasteiger partial charge in [-0.2, -0.15) is 0 Å². The number of hydrogen-bond acceptors (Lipinski definition) is 6. The Labute approximate surface area is 237 Å². The van der Waals surface area contributed by atoms with E-state index >= 15 is 0 Å². The second-order valence-corrected chi connectivity index (χ2v) is 12.0. The SMILES string of the molecule is Cc1cccc(NC(=O)Cn2c3c(sc2=O)C(c2ccccc2)C2C(=O)N(c4ccc(Cl)cc4)C(=O)C2S3)c1. The van der Waals surface area contributed by atoms with Crippen LogP contribution in [0.2, 0.25) is 5.02 Å². The van der Waals surface area contributed by atoms with E-state index in [0.29, 0.717) is 26.3 Å². The molecule has 2 aliphatic rings. The number of rotatable bonds is 5. The van der Waals surface area contributed by atoms with Gasteiger partial charge in [-0.05, 0) is 54.4 Å². The largest absolute Gasteiger partial charge is 0.325 e. The number of benzene rings is 3. The molecular weight excluding hydrogens is 554 g/mol. The van der Waals surface area contributed by atoms with Gasteiger partial charge in [-0.3, -0.25) is 23.7 Å². The first-order valence-electron chi connectivity index (χ1n) is 12.3. The molecule has 39 heavy (non-hydrogen) atoms. The number of thiazole rings is 1. The molecule has 0 spiro atoms. The predicted octanol–water partition coefficient (Wildman–Crippen LogP) is 5.31. The van der Waals surface area contributed by atoms with E-state index in [9.17, 15) is 19.2 Å². The molecule has 0 bridgehead atoms. The van der Waals surface area contributed by atoms with Gasteiger partial charge in [0.2, 0.25) is 17.7 Å². The number of anilines is 2. The highest BCUT2D eigenvalue weighted by atomic mass is 35.5. The summed E-state index contributed by atoms with van der Waals surface area (Å²) in [6.45, 7) is 1.73. The molecule has 3 heterocycles. The Morgan fingerprint density at radius 3 is 2.41 bits per heavy atom. The van der Waals surface area contributed by atoms with Gasteiger partial charge in [0.1, 0.15) is 11.8 Å². The molecule has 1 fully saturated rings. The van der Waals surface area contributed by atoms with Gasteiger partial charge in [-0.25, -0.2) is 4.90 Å². The zero-order valence-corrected chi connectivity index (χ0v) is 23.1. The van der Waals surface area contributed by atoms with E-state index in [4.69, 9.17) is 11.6 Å². The average Bonchev–Trinajstić information content (AvgIpc) is 3.36. The first kappa shape index (κ1) is 25.6. The molecule has 10 heteroatoms. The zero-order valence-electron chi connectivity index (χ0n) is 20.7. The summed E-state index contributed by atoms with van der Waals surface area (Å²) in [7, 11) is 0. The lowest BCUT2D eigenvalue weighted by atomic mass is 9.83. The summed E-state index contributed by atoms with van der Waals surface area (Å²) in [5.41, 5.74) is 2.93. The summed E-state index contributed by atoms with van der Waals surface area (Å²) < 4.78 is 1.42. The molecule has 4 aromatic rings. The number of amides is 3. The Morgan fingerprint density at radius 2 is 1.69 bits per heavy atom. The number of fused-ring (bicyclic) bond motifs is 2. The molecule has 6 rings (SSSR count). The van der Waals surface area contributed by atoms with Crippen LogP contribution in [0.15, 0.2) is 88.7 Å². The number of thioether (sulfide) groups is 1. The Morgan fingerprint density at radius 1 is 0.949 bits per heavy atom. The van der Waals surface area contributed by atoms with Gasteiger partial charge < -0.3 is 5.32 Å². The van der Waals surface area contributed by atoms with Crippen molar-refractivity contribution in [3.05, 3.63) is 110 Å². The van der Waals surface area contributed by atoms with Crippen molar-refractivity contribution in [1.29, 1.82) is 0 Å². The number of carbonyl (C=O) groups excluding carboxylic acids is 3. The van der Waals surface area contributed by atoms with E-state index in [1.54, 1.807) is 30.3 Å². The fourth-order valence-electron chi connectivity index (χ4n) is 5.19. The van der Waals surface area contributed by atoms with E-state index < -0.39 is 17.1 Å². The van der Waals surface area contributed by atoms with Crippen LogP contribution < -0.4 is 15.1 Å². The molecule has 0 radical (unpaired) electrons. The van der Waals surface area contributed by atoms with Crippen LogP contribution in [0.4, 0.5) is 11.4 Å². The average molecular weight is 576 g/mol. The van der Waals surface area contributed by atoms with Crippen LogP contribution in [0, 0.1) is 12.8 Å². The summed E-state index contributed by atoms with van der Waals surface area (Å²) in [5.74, 6) is -2.21. The van der Waals surface area contributed by atoms with Crippen molar-refractivity contribution < 1.29 is 14.4 Å². The predicted molar refractivity (Wildman–Crippen MR) is 154 cm³/mol. The molecular formula is C29H22ClN3O4S2. The van der Waals surface area contributed by atoms with Crippen molar-refractivity contribution in [1.82, 2.24) is 4.57 Å². The van der Waals surface area contributed by atoms with Crippen molar-refractivity contribution in [3.63, 3.8) is 0 Å². The first-order valence-corrected chi connectivity index (χ1v) is 14.3. The minimum atomic E-state index is -0.744. The Bertz CT molecular complexity index is 1670. The molecule has 3 amide bonds. The third kappa shape index (κ3) is 4.60. The molecule has 0 saturated carbocycles. The summed E-state index contributed by atoms with van der Waals surface area (Å²) in [5, 5.41) is 3.16. The van der Waals surface area contributed by atoms with E-state index in [0.717, 1.165) is 22.5 Å². The third-order valence-electron chi connectivity index (χ3n) is 6.90. The zero-order chi connectivity index (χ0) is 27.3. The minimum absolute atomic E-state index is 0.201. The lowest BCUT2D eigenvalue weighted by Gasteiger charge is -2.30. The van der Waals surface area contributed by atoms with Crippen LogP contribution in [0.5, 0.6) is 0 Å². The van der Waals surface area contributed by atoms with E-state index in [1.807, 2.05) is 55.5 Å². The van der Waals surface area contributed by atoms with Crippen LogP contribution in [0.3, 0.4) is 0 Å². The molecule has 7 nitrogen and oxygen atoms in total. The highest BCUT2D eigenvalue weighted by Gasteiger charge is 2.56. The van der Waals surface area contributed by atoms with E-state index in [1.165, 1.54) is 21.2 Å². The third-order valence-corrected chi connectivity index (χ3v) is 9.75. The lowest BCUT2D eigenvalue weighted by molar-refractivity contribution is -0.122. The quantitative estimate of drug-likeness (QED) is 0.326. The molecule has 0 aliphatic carbocycles. The number of carbonyl (C=O) groups is 3. The van der Waals surface area contributed by atoms with Crippen LogP contribution in [0.25, 0.3) is 0 Å². The first-order chi connectivity index (χ1) is 18.8. The van der Waals surface area contributed by atoms with Crippen LogP contribution >= 0.6 is 34.7 Å². The summed E-state index contributed by atoms with van der Waals surface area (Å²) in [6.07, 6.45) is 0. The number of imide groups is 1. The fourth-order valence-corrected chi connectivity index (χ4v) is 8.09. The molecule has 1 aromatic heterocycles. The summed E-state index contributed by atoms with van der Waals surface area (Å²) in [6, 6.07) is 23.4. The molecule has 3 unspecified atom stereocenters. The molecule has 1 saturated heterocycles. The second kappa shape index (κ2) is 10.1. The van der Waals surface area contributed by atoms with Crippen molar-refractivity contribution in [2.75, 3.05) is 10.2 Å². The van der Waals surface area contributed by atoms with Crippen LogP contribution in [0.1, 0.15) is 21.9 Å². The van der Waals surface area contributed by atoms with Gasteiger partial charge in [0.05, 0.1) is 16.6 Å². The van der Waals surface area contributed by atoms with Crippen molar-refractivity contribution >= 4 is 63.8 Å². The number of hydrogen-bond donors (Lipinski definition) is 1. The van der Waals surface area contributed by atoms with Crippen LogP contribution in [-0.2, 0) is 20.9 Å². The Balaban J connectivity index is 1.40. The summed E-state index contributed by atoms with van der Waals surface area (Å²) >= 11 is 8.26. The van der Waals surface area contributed by atoms with Crippen molar-refractivity contribution in [2.45, 2.75) is 29.7 Å².